The predicted octanol–water partition coefficient (Wildman–Crippen LogP) is 1.73. The lowest BCUT2D eigenvalue weighted by Gasteiger charge is -2.07. The van der Waals surface area contributed by atoms with E-state index in [0.717, 1.165) is 15.7 Å². The van der Waals surface area contributed by atoms with Crippen molar-refractivity contribution in [2.24, 2.45) is 0 Å². The van der Waals surface area contributed by atoms with E-state index in [1.165, 1.54) is 0 Å². The van der Waals surface area contributed by atoms with Gasteiger partial charge in [-0.2, -0.15) is 0 Å². The van der Waals surface area contributed by atoms with Gasteiger partial charge in [0.15, 0.2) is 0 Å². The molecule has 1 N–H and O–H groups in total. The summed E-state index contributed by atoms with van der Waals surface area (Å²) < 4.78 is 7.89. The molecule has 6 heteroatoms. The van der Waals surface area contributed by atoms with Gasteiger partial charge in [-0.15, -0.1) is 5.10 Å². The number of aliphatic hydroxyl groups excluding tert-OH is 1. The second-order valence-corrected chi connectivity index (χ2v) is 4.77. The summed E-state index contributed by atoms with van der Waals surface area (Å²) in [6.07, 6.45) is 0. The number of benzene rings is 1. The van der Waals surface area contributed by atoms with E-state index in [2.05, 4.69) is 26.2 Å². The normalized spacial score (nSPS) is 10.8. The van der Waals surface area contributed by atoms with E-state index in [-0.39, 0.29) is 6.61 Å². The molecule has 1 aromatic heterocycles. The molecule has 18 heavy (non-hydrogen) atoms. The van der Waals surface area contributed by atoms with Gasteiger partial charge in [-0.05, 0) is 17.7 Å². The smallest absolute Gasteiger partial charge is 0.114 e. The van der Waals surface area contributed by atoms with E-state index < -0.39 is 0 Å². The Labute approximate surface area is 114 Å². The van der Waals surface area contributed by atoms with Crippen molar-refractivity contribution in [1.29, 1.82) is 0 Å². The highest BCUT2D eigenvalue weighted by Gasteiger charge is 2.11. The first kappa shape index (κ1) is 13.2. The van der Waals surface area contributed by atoms with Crippen molar-refractivity contribution in [1.82, 2.24) is 15.0 Å². The van der Waals surface area contributed by atoms with Crippen LogP contribution in [0.1, 0.15) is 17.0 Å². The number of ether oxygens (including phenoxy) is 1. The molecule has 96 valence electrons. The Morgan fingerprint density at radius 2 is 2.06 bits per heavy atom. The van der Waals surface area contributed by atoms with Crippen LogP contribution in [0.5, 0.6) is 0 Å². The molecule has 0 bridgehead atoms. The molecule has 0 saturated heterocycles. The number of hydrogen-bond acceptors (Lipinski definition) is 4. The second-order valence-electron chi connectivity index (χ2n) is 3.86. The van der Waals surface area contributed by atoms with E-state index in [0.29, 0.717) is 18.8 Å². The Bertz CT molecular complexity index is 511. The molecule has 0 atom stereocenters. The van der Waals surface area contributed by atoms with Gasteiger partial charge in [0.25, 0.3) is 0 Å². The summed E-state index contributed by atoms with van der Waals surface area (Å²) in [7, 11) is 1.61. The molecule has 5 nitrogen and oxygen atoms in total. The highest BCUT2D eigenvalue weighted by atomic mass is 79.9. The van der Waals surface area contributed by atoms with Gasteiger partial charge in [-0.3, -0.25) is 0 Å². The third-order valence-corrected chi connectivity index (χ3v) is 3.12. The van der Waals surface area contributed by atoms with Crippen LogP contribution in [0.3, 0.4) is 0 Å². The zero-order valence-electron chi connectivity index (χ0n) is 10.0. The number of rotatable bonds is 5. The van der Waals surface area contributed by atoms with Gasteiger partial charge in [0.2, 0.25) is 0 Å². The Morgan fingerprint density at radius 3 is 2.67 bits per heavy atom. The molecule has 0 amide bonds. The number of hydrogen-bond donors (Lipinski definition) is 1. The molecule has 1 aromatic carbocycles. The number of aliphatic hydroxyl groups is 1. The topological polar surface area (TPSA) is 60.2 Å². The summed E-state index contributed by atoms with van der Waals surface area (Å²) in [4.78, 5) is 0. The van der Waals surface area contributed by atoms with E-state index in [4.69, 9.17) is 4.74 Å². The maximum Gasteiger partial charge on any atom is 0.114 e. The summed E-state index contributed by atoms with van der Waals surface area (Å²) in [5, 5.41) is 17.2. The molecule has 1 heterocycles. The van der Waals surface area contributed by atoms with Crippen LogP contribution in [0.15, 0.2) is 28.7 Å². The minimum atomic E-state index is -0.126. The van der Waals surface area contributed by atoms with Gasteiger partial charge in [-0.25, -0.2) is 4.68 Å². The number of nitrogens with zero attached hydrogens (tertiary/aromatic N) is 3. The third-order valence-electron chi connectivity index (χ3n) is 2.59. The molecule has 0 spiro atoms. The van der Waals surface area contributed by atoms with Crippen LogP contribution in [0.25, 0.3) is 0 Å². The summed E-state index contributed by atoms with van der Waals surface area (Å²) in [5.74, 6) is 0. The average molecular weight is 312 g/mol. The Morgan fingerprint density at radius 1 is 1.33 bits per heavy atom. The van der Waals surface area contributed by atoms with Gasteiger partial charge >= 0.3 is 0 Å². The van der Waals surface area contributed by atoms with Crippen LogP contribution >= 0.6 is 15.9 Å². The summed E-state index contributed by atoms with van der Waals surface area (Å²) in [6.45, 7) is 0.872. The maximum atomic E-state index is 9.18. The minimum absolute atomic E-state index is 0.126. The summed E-state index contributed by atoms with van der Waals surface area (Å²) in [6, 6.07) is 7.99. The zero-order valence-corrected chi connectivity index (χ0v) is 11.6. The van der Waals surface area contributed by atoms with Crippen molar-refractivity contribution < 1.29 is 9.84 Å². The zero-order chi connectivity index (χ0) is 13.0. The molecule has 0 aliphatic rings. The third kappa shape index (κ3) is 2.95. The van der Waals surface area contributed by atoms with Crippen LogP contribution in [-0.4, -0.2) is 27.2 Å². The maximum absolute atomic E-state index is 9.18. The predicted molar refractivity (Wildman–Crippen MR) is 69.9 cm³/mol. The van der Waals surface area contributed by atoms with Crippen molar-refractivity contribution in [2.75, 3.05) is 7.11 Å². The Kier molecular flexibility index (Phi) is 4.46. The Balaban J connectivity index is 2.22. The van der Waals surface area contributed by atoms with E-state index in [1.54, 1.807) is 11.8 Å². The van der Waals surface area contributed by atoms with Crippen LogP contribution in [0.2, 0.25) is 0 Å². The Hall–Kier alpha value is -1.24. The van der Waals surface area contributed by atoms with Gasteiger partial charge in [0.1, 0.15) is 5.69 Å². The first-order chi connectivity index (χ1) is 8.74. The van der Waals surface area contributed by atoms with Crippen molar-refractivity contribution in [2.45, 2.75) is 19.8 Å². The molecule has 0 aliphatic heterocycles. The SMILES string of the molecule is COCc1c(CO)nnn1Cc1ccc(Br)cc1. The van der Waals surface area contributed by atoms with Crippen molar-refractivity contribution >= 4 is 15.9 Å². The van der Waals surface area contributed by atoms with Crippen molar-refractivity contribution in [3.05, 3.63) is 45.7 Å². The van der Waals surface area contributed by atoms with Gasteiger partial charge in [0.05, 0.1) is 25.5 Å². The fourth-order valence-corrected chi connectivity index (χ4v) is 1.94. The molecule has 0 unspecified atom stereocenters. The standard InChI is InChI=1S/C12H14BrN3O2/c1-18-8-12-11(7-17)14-15-16(12)6-9-2-4-10(13)5-3-9/h2-5,17H,6-8H2,1H3. The largest absolute Gasteiger partial charge is 0.390 e. The van der Waals surface area contributed by atoms with Crippen LogP contribution in [0, 0.1) is 0 Å². The minimum Gasteiger partial charge on any atom is -0.390 e. The highest BCUT2D eigenvalue weighted by Crippen LogP contribution is 2.13. The fourth-order valence-electron chi connectivity index (χ4n) is 1.68. The number of aromatic nitrogens is 3. The molecule has 0 radical (unpaired) electrons. The molecular weight excluding hydrogens is 298 g/mol. The molecule has 2 rings (SSSR count). The van der Waals surface area contributed by atoms with Crippen LogP contribution in [0.4, 0.5) is 0 Å². The first-order valence-corrected chi connectivity index (χ1v) is 6.29. The van der Waals surface area contributed by atoms with E-state index in [9.17, 15) is 5.11 Å². The van der Waals surface area contributed by atoms with Gasteiger partial charge in [-0.1, -0.05) is 33.3 Å². The van der Waals surface area contributed by atoms with Gasteiger partial charge in [0, 0.05) is 11.6 Å². The lowest BCUT2D eigenvalue weighted by Crippen LogP contribution is -2.08. The molecule has 0 aliphatic carbocycles. The molecule has 0 saturated carbocycles. The fraction of sp³-hybridized carbons (Fsp3) is 0.333. The quantitative estimate of drug-likeness (QED) is 0.913. The van der Waals surface area contributed by atoms with Crippen molar-refractivity contribution in [3.63, 3.8) is 0 Å². The monoisotopic (exact) mass is 311 g/mol. The summed E-state index contributed by atoms with van der Waals surface area (Å²) in [5.41, 5.74) is 2.49. The first-order valence-electron chi connectivity index (χ1n) is 5.50. The van der Waals surface area contributed by atoms with Gasteiger partial charge < -0.3 is 9.84 Å². The average Bonchev–Trinajstić information content (AvgIpc) is 2.75. The van der Waals surface area contributed by atoms with Crippen LogP contribution in [-0.2, 0) is 24.5 Å². The number of halogens is 1. The lowest BCUT2D eigenvalue weighted by molar-refractivity contribution is 0.173. The van der Waals surface area contributed by atoms with E-state index in [1.807, 2.05) is 24.3 Å². The molecule has 2 aromatic rings. The second kappa shape index (κ2) is 6.08. The molecular formula is C12H14BrN3O2. The number of methoxy groups -OCH3 is 1. The van der Waals surface area contributed by atoms with E-state index >= 15 is 0 Å². The lowest BCUT2D eigenvalue weighted by atomic mass is 10.2. The highest BCUT2D eigenvalue weighted by molar-refractivity contribution is 9.10. The molecule has 0 fully saturated rings. The van der Waals surface area contributed by atoms with Crippen LogP contribution < -0.4 is 0 Å². The van der Waals surface area contributed by atoms with Crippen molar-refractivity contribution in [3.8, 4) is 0 Å². The summed E-state index contributed by atoms with van der Waals surface area (Å²) >= 11 is 3.40.